The highest BCUT2D eigenvalue weighted by atomic mass is 19.2. The lowest BCUT2D eigenvalue weighted by molar-refractivity contribution is -0.143. The molecule has 1 unspecified atom stereocenters. The minimum atomic E-state index is -2.38. The van der Waals surface area contributed by atoms with E-state index in [2.05, 4.69) is 0 Å². The molecule has 0 bridgehead atoms. The Morgan fingerprint density at radius 3 is 2.19 bits per heavy atom. The van der Waals surface area contributed by atoms with Crippen LogP contribution in [0.15, 0.2) is 27.4 Å². The molecule has 3 rings (SSSR count). The second kappa shape index (κ2) is 10.8. The molecule has 192 valence electrons. The van der Waals surface area contributed by atoms with Crippen molar-refractivity contribution < 1.29 is 50.2 Å². The van der Waals surface area contributed by atoms with Crippen LogP contribution in [0.2, 0.25) is 0 Å². The Morgan fingerprint density at radius 1 is 0.972 bits per heavy atom. The van der Waals surface area contributed by atoms with Crippen LogP contribution in [-0.2, 0) is 20.7 Å². The Labute approximate surface area is 200 Å². The van der Waals surface area contributed by atoms with Crippen molar-refractivity contribution in [1.82, 2.24) is 0 Å². The molecule has 2 aromatic carbocycles. The van der Waals surface area contributed by atoms with Gasteiger partial charge in [0.05, 0.1) is 6.61 Å². The van der Waals surface area contributed by atoms with E-state index in [0.717, 1.165) is 6.92 Å². The summed E-state index contributed by atoms with van der Waals surface area (Å²) in [5.74, 6) is -15.0. The number of rotatable bonds is 8. The molecule has 36 heavy (non-hydrogen) atoms. The second-order valence-corrected chi connectivity index (χ2v) is 7.59. The summed E-state index contributed by atoms with van der Waals surface area (Å²) >= 11 is 0. The maximum atomic E-state index is 13.9. The van der Waals surface area contributed by atoms with E-state index < -0.39 is 58.5 Å². The molecule has 12 heteroatoms. The number of aryl methyl sites for hydroxylation is 2. The Bertz CT molecular complexity index is 1370. The largest absolute Gasteiger partial charge is 0.473 e. The molecule has 7 nitrogen and oxygen atoms in total. The molecule has 1 heterocycles. The first-order chi connectivity index (χ1) is 16.9. The van der Waals surface area contributed by atoms with Gasteiger partial charge in [-0.2, -0.15) is 8.78 Å². The van der Waals surface area contributed by atoms with Crippen LogP contribution in [0.25, 0.3) is 11.0 Å². The van der Waals surface area contributed by atoms with E-state index in [-0.39, 0.29) is 30.8 Å². The summed E-state index contributed by atoms with van der Waals surface area (Å²) in [6, 6.07) is 3.96. The van der Waals surface area contributed by atoms with Gasteiger partial charge >= 0.3 is 17.6 Å². The SMILES string of the molecule is CCOC(=O)CCc1cc2c(C)cc(=O)oc2cc1OC(=O)C(C)Oc1c(F)c(F)c(F)c(F)c1F. The third-order valence-corrected chi connectivity index (χ3v) is 5.04. The van der Waals surface area contributed by atoms with Gasteiger partial charge in [0.15, 0.2) is 11.9 Å². The van der Waals surface area contributed by atoms with Gasteiger partial charge in [0.25, 0.3) is 0 Å². The highest BCUT2D eigenvalue weighted by molar-refractivity contribution is 5.85. The van der Waals surface area contributed by atoms with E-state index in [1.165, 1.54) is 18.2 Å². The van der Waals surface area contributed by atoms with Crippen LogP contribution in [-0.4, -0.2) is 24.6 Å². The average molecular weight is 514 g/mol. The van der Waals surface area contributed by atoms with Crippen LogP contribution in [0.4, 0.5) is 22.0 Å². The number of benzene rings is 2. The molecule has 0 saturated carbocycles. The van der Waals surface area contributed by atoms with Crippen LogP contribution in [0, 0.1) is 36.0 Å². The molecule has 0 fully saturated rings. The molecule has 0 N–H and O–H groups in total. The summed E-state index contributed by atoms with van der Waals surface area (Å²) in [6.45, 7) is 4.37. The zero-order valence-electron chi connectivity index (χ0n) is 19.2. The fourth-order valence-corrected chi connectivity index (χ4v) is 3.26. The number of fused-ring (bicyclic) bond motifs is 1. The molecule has 0 spiro atoms. The summed E-state index contributed by atoms with van der Waals surface area (Å²) in [7, 11) is 0. The van der Waals surface area contributed by atoms with Crippen molar-refractivity contribution in [2.45, 2.75) is 39.7 Å². The fourth-order valence-electron chi connectivity index (χ4n) is 3.26. The van der Waals surface area contributed by atoms with Crippen molar-refractivity contribution >= 4 is 22.9 Å². The van der Waals surface area contributed by atoms with Crippen LogP contribution in [0.3, 0.4) is 0 Å². The summed E-state index contributed by atoms with van der Waals surface area (Å²) in [5, 5.41) is 0.485. The number of carbonyl (C=O) groups is 2. The minimum Gasteiger partial charge on any atom is -0.473 e. The molecule has 1 atom stereocenters. The number of esters is 2. The third kappa shape index (κ3) is 5.47. The Kier molecular flexibility index (Phi) is 7.96. The van der Waals surface area contributed by atoms with Gasteiger partial charge in [-0.05, 0) is 44.4 Å². The molecule has 0 aliphatic heterocycles. The zero-order chi connectivity index (χ0) is 26.7. The molecule has 0 amide bonds. The van der Waals surface area contributed by atoms with Crippen molar-refractivity contribution in [3.8, 4) is 11.5 Å². The summed E-state index contributed by atoms with van der Waals surface area (Å²) < 4.78 is 87.9. The number of ether oxygens (including phenoxy) is 3. The van der Waals surface area contributed by atoms with Crippen molar-refractivity contribution in [2.24, 2.45) is 0 Å². The summed E-state index contributed by atoms with van der Waals surface area (Å²) in [5.41, 5.74) is 0.208. The highest BCUT2D eigenvalue weighted by Gasteiger charge is 2.30. The van der Waals surface area contributed by atoms with E-state index in [4.69, 9.17) is 18.6 Å². The standard InChI is InChI=1S/C24H19F5O7/c1-4-33-16(30)6-5-12-8-13-10(2)7-17(31)35-15(13)9-14(12)36-24(32)11(3)34-23-21(28)19(26)18(25)20(27)22(23)29/h7-9,11H,4-6H2,1-3H3. The van der Waals surface area contributed by atoms with E-state index in [1.807, 2.05) is 0 Å². The van der Waals surface area contributed by atoms with Crippen LogP contribution in [0.5, 0.6) is 11.5 Å². The first-order valence-corrected chi connectivity index (χ1v) is 10.6. The first kappa shape index (κ1) is 26.6. The molecule has 1 aromatic heterocycles. The second-order valence-electron chi connectivity index (χ2n) is 7.59. The van der Waals surface area contributed by atoms with Gasteiger partial charge in [-0.25, -0.2) is 22.8 Å². The monoisotopic (exact) mass is 514 g/mol. The smallest absolute Gasteiger partial charge is 0.352 e. The first-order valence-electron chi connectivity index (χ1n) is 10.6. The van der Waals surface area contributed by atoms with E-state index in [9.17, 15) is 36.3 Å². The molecular weight excluding hydrogens is 495 g/mol. The quantitative estimate of drug-likeness (QED) is 0.108. The van der Waals surface area contributed by atoms with E-state index in [1.54, 1.807) is 13.8 Å². The Morgan fingerprint density at radius 2 is 1.58 bits per heavy atom. The molecule has 0 aliphatic rings. The van der Waals surface area contributed by atoms with Crippen LogP contribution in [0.1, 0.15) is 31.4 Å². The number of hydrogen-bond acceptors (Lipinski definition) is 7. The van der Waals surface area contributed by atoms with Crippen LogP contribution < -0.4 is 15.1 Å². The van der Waals surface area contributed by atoms with Gasteiger partial charge < -0.3 is 18.6 Å². The van der Waals surface area contributed by atoms with Gasteiger partial charge in [0.2, 0.25) is 29.1 Å². The van der Waals surface area contributed by atoms with E-state index in [0.29, 0.717) is 16.5 Å². The number of hydrogen-bond donors (Lipinski definition) is 0. The van der Waals surface area contributed by atoms with Gasteiger partial charge in [-0.1, -0.05) is 0 Å². The molecular formula is C24H19F5O7. The molecule has 0 radical (unpaired) electrons. The average Bonchev–Trinajstić information content (AvgIpc) is 2.83. The zero-order valence-corrected chi connectivity index (χ0v) is 19.2. The lowest BCUT2D eigenvalue weighted by Gasteiger charge is -2.17. The Balaban J connectivity index is 1.93. The molecule has 0 aliphatic carbocycles. The normalized spacial score (nSPS) is 11.9. The van der Waals surface area contributed by atoms with Crippen molar-refractivity contribution in [3.05, 3.63) is 68.8 Å². The van der Waals surface area contributed by atoms with Gasteiger partial charge in [0.1, 0.15) is 11.3 Å². The maximum absolute atomic E-state index is 13.9. The van der Waals surface area contributed by atoms with Crippen molar-refractivity contribution in [2.75, 3.05) is 6.61 Å². The Hall–Kier alpha value is -3.96. The highest BCUT2D eigenvalue weighted by Crippen LogP contribution is 2.31. The lowest BCUT2D eigenvalue weighted by atomic mass is 10.0. The number of halogens is 5. The van der Waals surface area contributed by atoms with Gasteiger partial charge in [0, 0.05) is 23.9 Å². The molecule has 0 saturated heterocycles. The minimum absolute atomic E-state index is 0.0306. The summed E-state index contributed by atoms with van der Waals surface area (Å²) in [6.07, 6.45) is -1.91. The van der Waals surface area contributed by atoms with Gasteiger partial charge in [-0.15, -0.1) is 0 Å². The fraction of sp³-hybridized carbons (Fsp3) is 0.292. The van der Waals surface area contributed by atoms with Crippen LogP contribution >= 0.6 is 0 Å². The lowest BCUT2D eigenvalue weighted by Crippen LogP contribution is -2.30. The van der Waals surface area contributed by atoms with Gasteiger partial charge in [-0.3, -0.25) is 4.79 Å². The predicted octanol–water partition coefficient (Wildman–Crippen LogP) is 4.67. The van der Waals surface area contributed by atoms with Crippen molar-refractivity contribution in [1.29, 1.82) is 0 Å². The maximum Gasteiger partial charge on any atom is 0.352 e. The summed E-state index contributed by atoms with van der Waals surface area (Å²) in [4.78, 5) is 36.2. The third-order valence-electron chi connectivity index (χ3n) is 5.04. The van der Waals surface area contributed by atoms with Crippen molar-refractivity contribution in [3.63, 3.8) is 0 Å². The predicted molar refractivity (Wildman–Crippen MR) is 114 cm³/mol. The topological polar surface area (TPSA) is 92.0 Å². The number of carbonyl (C=O) groups excluding carboxylic acids is 2. The molecule has 3 aromatic rings. The van der Waals surface area contributed by atoms with E-state index >= 15 is 0 Å².